The first-order valence-corrected chi connectivity index (χ1v) is 3.98. The van der Waals surface area contributed by atoms with Crippen LogP contribution in [0.25, 0.3) is 0 Å². The van der Waals surface area contributed by atoms with Gasteiger partial charge in [0.05, 0.1) is 4.90 Å². The fourth-order valence-electron chi connectivity index (χ4n) is 0.524. The molecule has 0 bridgehead atoms. The largest absolute Gasteiger partial charge is 1.00 e. The van der Waals surface area contributed by atoms with Crippen LogP contribution in [-0.2, 0) is 11.1 Å². The summed E-state index contributed by atoms with van der Waals surface area (Å²) < 4.78 is 32.9. The molecule has 0 spiro atoms. The van der Waals surface area contributed by atoms with E-state index in [1.807, 2.05) is 0 Å². The molecule has 0 aliphatic heterocycles. The van der Waals surface area contributed by atoms with E-state index in [0.717, 1.165) is 6.07 Å². The Morgan fingerprint density at radius 3 is 2.58 bits per heavy atom. The second-order valence-electron chi connectivity index (χ2n) is 1.66. The molecule has 60 valence electrons. The molecule has 0 aliphatic carbocycles. The van der Waals surface area contributed by atoms with Crippen LogP contribution in [0.3, 0.4) is 0 Å². The van der Waals surface area contributed by atoms with Crippen molar-refractivity contribution >= 4 is 22.7 Å². The smallest absolute Gasteiger partial charge is 0.768 e. The van der Waals surface area contributed by atoms with E-state index >= 15 is 0 Å². The monoisotopic (exact) mass is 217 g/mol. The second-order valence-corrected chi connectivity index (χ2v) is 2.95. The third-order valence-electron chi connectivity index (χ3n) is 0.960. The summed E-state index contributed by atoms with van der Waals surface area (Å²) in [6.45, 7) is 0. The summed E-state index contributed by atoms with van der Waals surface area (Å²) in [6.07, 6.45) is 0. The Labute approximate surface area is 97.9 Å². The van der Waals surface area contributed by atoms with Gasteiger partial charge in [0, 0.05) is 0 Å². The molecule has 1 heterocycles. The molecular formula is C5H2ClFNNaO2S. The maximum absolute atomic E-state index is 12.5. The van der Waals surface area contributed by atoms with Gasteiger partial charge in [-0.3, -0.25) is 4.21 Å². The Morgan fingerprint density at radius 2 is 2.17 bits per heavy atom. The number of hydrogen-bond acceptors (Lipinski definition) is 3. The van der Waals surface area contributed by atoms with Crippen LogP contribution in [0.1, 0.15) is 0 Å². The van der Waals surface area contributed by atoms with Crippen LogP contribution >= 0.6 is 11.6 Å². The summed E-state index contributed by atoms with van der Waals surface area (Å²) in [5, 5.41) is -0.0725. The number of rotatable bonds is 1. The van der Waals surface area contributed by atoms with Gasteiger partial charge in [0.15, 0.2) is 0 Å². The first-order chi connectivity index (χ1) is 5.11. The molecule has 0 N–H and O–H groups in total. The van der Waals surface area contributed by atoms with Crippen LogP contribution in [-0.4, -0.2) is 13.7 Å². The van der Waals surface area contributed by atoms with Gasteiger partial charge in [-0.15, -0.1) is 0 Å². The number of nitrogens with zero attached hydrogens (tertiary/aromatic N) is 1. The molecule has 1 unspecified atom stereocenters. The molecule has 1 atom stereocenters. The molecule has 0 amide bonds. The standard InChI is InChI=1S/C5H3ClFNO2S.Na/c6-4-2-1-3(11(9)10)5(7)8-4;/h1-2H,(H,9,10);/q;+1/p-1. The van der Waals surface area contributed by atoms with Gasteiger partial charge in [-0.05, 0) is 23.2 Å². The zero-order valence-corrected chi connectivity index (χ0v) is 9.66. The minimum Gasteiger partial charge on any atom is -0.768 e. The summed E-state index contributed by atoms with van der Waals surface area (Å²) in [5.41, 5.74) is 0. The minimum atomic E-state index is -2.59. The van der Waals surface area contributed by atoms with Crippen LogP contribution in [0.2, 0.25) is 5.15 Å². The molecule has 1 aromatic heterocycles. The number of halogens is 2. The number of pyridine rings is 1. The van der Waals surface area contributed by atoms with Gasteiger partial charge in [0.1, 0.15) is 5.15 Å². The summed E-state index contributed by atoms with van der Waals surface area (Å²) in [6, 6.07) is 2.25. The van der Waals surface area contributed by atoms with E-state index < -0.39 is 21.9 Å². The van der Waals surface area contributed by atoms with E-state index in [-0.39, 0.29) is 34.7 Å². The molecule has 0 fully saturated rings. The topological polar surface area (TPSA) is 53.0 Å². The van der Waals surface area contributed by atoms with E-state index in [0.29, 0.717) is 0 Å². The molecular weight excluding hydrogens is 216 g/mol. The number of hydrogen-bond donors (Lipinski definition) is 0. The van der Waals surface area contributed by atoms with E-state index in [2.05, 4.69) is 4.98 Å². The van der Waals surface area contributed by atoms with Crippen LogP contribution in [0.5, 0.6) is 0 Å². The van der Waals surface area contributed by atoms with E-state index in [1.165, 1.54) is 6.07 Å². The van der Waals surface area contributed by atoms with Crippen LogP contribution in [0, 0.1) is 5.95 Å². The summed E-state index contributed by atoms with van der Waals surface area (Å²) >= 11 is 2.67. The molecule has 0 aliphatic rings. The maximum atomic E-state index is 12.5. The predicted molar refractivity (Wildman–Crippen MR) is 36.4 cm³/mol. The SMILES string of the molecule is O=S([O-])c1ccc(Cl)nc1F.[Na+]. The Hall–Kier alpha value is 0.480. The fourth-order valence-corrected chi connectivity index (χ4v) is 1.02. The third kappa shape index (κ3) is 3.08. The van der Waals surface area contributed by atoms with Crippen molar-refractivity contribution in [3.05, 3.63) is 23.2 Å². The van der Waals surface area contributed by atoms with E-state index in [1.54, 1.807) is 0 Å². The predicted octanol–water partition coefficient (Wildman–Crippen LogP) is -1.88. The van der Waals surface area contributed by atoms with Crippen molar-refractivity contribution < 1.29 is 42.7 Å². The molecule has 0 saturated carbocycles. The fraction of sp³-hybridized carbons (Fsp3) is 0. The second kappa shape index (κ2) is 5.26. The Kier molecular flexibility index (Phi) is 5.47. The van der Waals surface area contributed by atoms with E-state index in [9.17, 15) is 13.2 Å². The van der Waals surface area contributed by atoms with Crippen molar-refractivity contribution in [3.63, 3.8) is 0 Å². The van der Waals surface area contributed by atoms with Gasteiger partial charge < -0.3 is 4.55 Å². The van der Waals surface area contributed by atoms with Gasteiger partial charge in [0.2, 0.25) is 5.95 Å². The first-order valence-electron chi connectivity index (χ1n) is 2.52. The van der Waals surface area contributed by atoms with Gasteiger partial charge >= 0.3 is 29.6 Å². The molecule has 0 saturated heterocycles. The molecule has 0 radical (unpaired) electrons. The first kappa shape index (κ1) is 12.5. The number of aromatic nitrogens is 1. The van der Waals surface area contributed by atoms with Gasteiger partial charge in [-0.1, -0.05) is 11.6 Å². The van der Waals surface area contributed by atoms with Gasteiger partial charge in [-0.25, -0.2) is 4.98 Å². The molecule has 1 rings (SSSR count). The Balaban J connectivity index is 0.00000121. The zero-order chi connectivity index (χ0) is 8.43. The molecule has 0 aromatic carbocycles. The Morgan fingerprint density at radius 1 is 1.58 bits per heavy atom. The van der Waals surface area contributed by atoms with Crippen molar-refractivity contribution in [1.82, 2.24) is 4.98 Å². The third-order valence-corrected chi connectivity index (χ3v) is 1.83. The van der Waals surface area contributed by atoms with Crippen molar-refractivity contribution in [2.24, 2.45) is 0 Å². The quantitative estimate of drug-likeness (QED) is 0.314. The summed E-state index contributed by atoms with van der Waals surface area (Å²) in [5.74, 6) is -1.08. The zero-order valence-electron chi connectivity index (χ0n) is 6.08. The maximum Gasteiger partial charge on any atom is 1.00 e. The normalized spacial score (nSPS) is 11.9. The Bertz CT molecular complexity index is 311. The van der Waals surface area contributed by atoms with Crippen molar-refractivity contribution in [3.8, 4) is 0 Å². The average Bonchev–Trinajstić information content (AvgIpc) is 1.85. The van der Waals surface area contributed by atoms with Gasteiger partial charge in [0.25, 0.3) is 0 Å². The van der Waals surface area contributed by atoms with Gasteiger partial charge in [-0.2, -0.15) is 4.39 Å². The minimum absolute atomic E-state index is 0. The van der Waals surface area contributed by atoms with Crippen molar-refractivity contribution in [2.45, 2.75) is 4.90 Å². The van der Waals surface area contributed by atoms with Crippen LogP contribution in [0.15, 0.2) is 17.0 Å². The molecule has 1 aromatic rings. The van der Waals surface area contributed by atoms with Crippen molar-refractivity contribution in [2.75, 3.05) is 0 Å². The molecule has 7 heteroatoms. The molecule has 3 nitrogen and oxygen atoms in total. The molecule has 12 heavy (non-hydrogen) atoms. The van der Waals surface area contributed by atoms with Crippen LogP contribution in [0.4, 0.5) is 4.39 Å². The average molecular weight is 218 g/mol. The van der Waals surface area contributed by atoms with Crippen molar-refractivity contribution in [1.29, 1.82) is 0 Å². The summed E-state index contributed by atoms with van der Waals surface area (Å²) in [4.78, 5) is 2.62. The summed E-state index contributed by atoms with van der Waals surface area (Å²) in [7, 11) is 0. The van der Waals surface area contributed by atoms with E-state index in [4.69, 9.17) is 11.6 Å². The van der Waals surface area contributed by atoms with Crippen LogP contribution < -0.4 is 29.6 Å².